The molecule has 36 heavy (non-hydrogen) atoms. The van der Waals surface area contributed by atoms with Crippen molar-refractivity contribution >= 4 is 38.3 Å². The molecule has 0 spiro atoms. The summed E-state index contributed by atoms with van der Waals surface area (Å²) in [4.78, 5) is 13.8. The third kappa shape index (κ3) is 5.24. The van der Waals surface area contributed by atoms with E-state index < -0.39 is 10.0 Å². The number of aromatic nitrogens is 1. The first-order chi connectivity index (χ1) is 17.3. The molecule has 0 bridgehead atoms. The number of carbonyl (C=O) groups is 1. The number of carbonyl (C=O) groups excluding carboxylic acids is 1. The fourth-order valence-electron chi connectivity index (χ4n) is 4.37. The second-order valence-electron chi connectivity index (χ2n) is 8.96. The number of nitrogens with zero attached hydrogens (tertiary/aromatic N) is 2. The Labute approximate surface area is 208 Å². The molecule has 10 heteroatoms. The Morgan fingerprint density at radius 1 is 1.14 bits per heavy atom. The molecule has 0 saturated heterocycles. The topological polar surface area (TPSA) is 105 Å². The number of fused-ring (bicyclic) bond motifs is 2. The van der Waals surface area contributed by atoms with E-state index in [0.29, 0.717) is 35.5 Å². The van der Waals surface area contributed by atoms with Gasteiger partial charge in [0.05, 0.1) is 17.0 Å². The van der Waals surface area contributed by atoms with Crippen molar-refractivity contribution in [1.82, 2.24) is 10.1 Å². The maximum atomic E-state index is 13.3. The Bertz CT molecular complexity index is 1550. The molecule has 0 radical (unpaired) electrons. The third-order valence-corrected chi connectivity index (χ3v) is 7.48. The van der Waals surface area contributed by atoms with Gasteiger partial charge in [0.1, 0.15) is 5.82 Å². The Hall–Kier alpha value is -3.76. The van der Waals surface area contributed by atoms with Gasteiger partial charge in [-0.1, -0.05) is 17.3 Å². The van der Waals surface area contributed by atoms with E-state index in [2.05, 4.69) is 20.1 Å². The van der Waals surface area contributed by atoms with Gasteiger partial charge in [-0.05, 0) is 80.0 Å². The highest BCUT2D eigenvalue weighted by Crippen LogP contribution is 2.27. The highest BCUT2D eigenvalue weighted by molar-refractivity contribution is 7.92. The molecule has 0 fully saturated rings. The summed E-state index contributed by atoms with van der Waals surface area (Å²) in [5.74, 6) is -0.496. The first kappa shape index (κ1) is 24.0. The van der Waals surface area contributed by atoms with Crippen molar-refractivity contribution in [3.63, 3.8) is 0 Å². The molecule has 0 unspecified atom stereocenters. The van der Waals surface area contributed by atoms with Crippen LogP contribution in [-0.2, 0) is 34.2 Å². The van der Waals surface area contributed by atoms with Crippen molar-refractivity contribution in [2.75, 3.05) is 23.6 Å². The molecule has 0 atom stereocenters. The fourth-order valence-corrected chi connectivity index (χ4v) is 5.47. The van der Waals surface area contributed by atoms with E-state index in [1.807, 2.05) is 25.2 Å². The number of sulfonamides is 1. The summed E-state index contributed by atoms with van der Waals surface area (Å²) in [6.07, 6.45) is 1.70. The van der Waals surface area contributed by atoms with Gasteiger partial charge >= 0.3 is 0 Å². The lowest BCUT2D eigenvalue weighted by atomic mass is 10.1. The van der Waals surface area contributed by atoms with Crippen molar-refractivity contribution < 1.29 is 22.1 Å². The van der Waals surface area contributed by atoms with Crippen LogP contribution in [0.1, 0.15) is 23.2 Å². The van der Waals surface area contributed by atoms with E-state index in [1.165, 1.54) is 24.3 Å². The van der Waals surface area contributed by atoms with Crippen LogP contribution in [0.5, 0.6) is 0 Å². The van der Waals surface area contributed by atoms with Crippen LogP contribution in [-0.4, -0.2) is 38.0 Å². The number of aryl methyl sites for hydroxylation is 1. The first-order valence-electron chi connectivity index (χ1n) is 11.5. The SMILES string of the molecule is CN(CCCc1noc2cc(F)ccc12)Cc1cccc(NS(=O)(=O)c2ccc3c(c2)CC(=O)N3)c1. The van der Waals surface area contributed by atoms with Crippen LogP contribution in [0.3, 0.4) is 0 Å². The fraction of sp³-hybridized carbons (Fsp3) is 0.231. The standard InChI is InChI=1S/C26H25FN4O4S/c1-31(11-3-6-24-22-9-7-19(27)15-25(22)35-29-24)16-17-4-2-5-20(12-17)30-36(33,34)21-8-10-23-18(13-21)14-26(32)28-23/h2,4-5,7-10,12-13,15,30H,3,6,11,14,16H2,1H3,(H,28,32). The molecule has 1 aromatic heterocycles. The molecule has 2 heterocycles. The van der Waals surface area contributed by atoms with Crippen molar-refractivity contribution in [2.24, 2.45) is 0 Å². The van der Waals surface area contributed by atoms with E-state index in [0.717, 1.165) is 29.6 Å². The van der Waals surface area contributed by atoms with Gasteiger partial charge in [-0.3, -0.25) is 9.52 Å². The van der Waals surface area contributed by atoms with Gasteiger partial charge in [-0.2, -0.15) is 0 Å². The average molecular weight is 509 g/mol. The quantitative estimate of drug-likeness (QED) is 0.349. The maximum Gasteiger partial charge on any atom is 0.261 e. The Morgan fingerprint density at radius 2 is 2.00 bits per heavy atom. The lowest BCUT2D eigenvalue weighted by Gasteiger charge is -2.17. The van der Waals surface area contributed by atoms with Gasteiger partial charge in [-0.15, -0.1) is 0 Å². The number of anilines is 2. The summed E-state index contributed by atoms with van der Waals surface area (Å²) in [7, 11) is -1.81. The lowest BCUT2D eigenvalue weighted by molar-refractivity contribution is -0.115. The zero-order chi connectivity index (χ0) is 25.3. The van der Waals surface area contributed by atoms with Crippen LogP contribution in [0, 0.1) is 5.82 Å². The van der Waals surface area contributed by atoms with Crippen LogP contribution in [0.25, 0.3) is 11.0 Å². The highest BCUT2D eigenvalue weighted by Gasteiger charge is 2.22. The van der Waals surface area contributed by atoms with E-state index in [9.17, 15) is 17.6 Å². The molecule has 2 N–H and O–H groups in total. The number of amides is 1. The molecular weight excluding hydrogens is 483 g/mol. The zero-order valence-electron chi connectivity index (χ0n) is 19.6. The van der Waals surface area contributed by atoms with E-state index in [-0.39, 0.29) is 23.0 Å². The molecular formula is C26H25FN4O4S. The van der Waals surface area contributed by atoms with Gasteiger partial charge in [0, 0.05) is 29.4 Å². The summed E-state index contributed by atoms with van der Waals surface area (Å²) in [6, 6.07) is 16.3. The minimum absolute atomic E-state index is 0.114. The molecule has 5 rings (SSSR count). The number of benzene rings is 3. The van der Waals surface area contributed by atoms with Crippen LogP contribution in [0.15, 0.2) is 70.1 Å². The number of nitrogens with one attached hydrogen (secondary N) is 2. The predicted molar refractivity (Wildman–Crippen MR) is 135 cm³/mol. The number of halogens is 1. The normalized spacial score (nSPS) is 13.2. The van der Waals surface area contributed by atoms with Crippen LogP contribution < -0.4 is 10.0 Å². The van der Waals surface area contributed by atoms with Crippen molar-refractivity contribution in [1.29, 1.82) is 0 Å². The molecule has 3 aromatic carbocycles. The van der Waals surface area contributed by atoms with Gasteiger partial charge in [0.25, 0.3) is 10.0 Å². The van der Waals surface area contributed by atoms with Crippen LogP contribution in [0.4, 0.5) is 15.8 Å². The largest absolute Gasteiger partial charge is 0.356 e. The first-order valence-corrected chi connectivity index (χ1v) is 13.0. The highest BCUT2D eigenvalue weighted by atomic mass is 32.2. The molecule has 8 nitrogen and oxygen atoms in total. The van der Waals surface area contributed by atoms with Crippen molar-refractivity contribution in [3.8, 4) is 0 Å². The van der Waals surface area contributed by atoms with Gasteiger partial charge in [0.2, 0.25) is 5.91 Å². The predicted octanol–water partition coefficient (Wildman–Crippen LogP) is 4.33. The molecule has 1 aliphatic heterocycles. The molecule has 0 aliphatic carbocycles. The van der Waals surface area contributed by atoms with Crippen LogP contribution >= 0.6 is 0 Å². The van der Waals surface area contributed by atoms with E-state index >= 15 is 0 Å². The third-order valence-electron chi connectivity index (χ3n) is 6.11. The van der Waals surface area contributed by atoms with Crippen molar-refractivity contribution in [2.45, 2.75) is 30.7 Å². The number of hydrogen-bond donors (Lipinski definition) is 2. The molecule has 0 saturated carbocycles. The summed E-state index contributed by atoms with van der Waals surface area (Å²) < 4.78 is 47.0. The molecule has 4 aromatic rings. The van der Waals surface area contributed by atoms with E-state index in [1.54, 1.807) is 18.2 Å². The lowest BCUT2D eigenvalue weighted by Crippen LogP contribution is -2.20. The summed E-state index contributed by atoms with van der Waals surface area (Å²) in [6.45, 7) is 1.42. The van der Waals surface area contributed by atoms with Crippen LogP contribution in [0.2, 0.25) is 0 Å². The smallest absolute Gasteiger partial charge is 0.261 e. The second-order valence-corrected chi connectivity index (χ2v) is 10.6. The van der Waals surface area contributed by atoms with E-state index in [4.69, 9.17) is 4.52 Å². The minimum atomic E-state index is -3.80. The molecule has 1 aliphatic rings. The van der Waals surface area contributed by atoms with Gasteiger partial charge in [0.15, 0.2) is 5.58 Å². The summed E-state index contributed by atoms with van der Waals surface area (Å²) >= 11 is 0. The summed E-state index contributed by atoms with van der Waals surface area (Å²) in [5.41, 5.74) is 4.00. The van der Waals surface area contributed by atoms with Gasteiger partial charge in [-0.25, -0.2) is 12.8 Å². The second kappa shape index (κ2) is 9.71. The number of hydrogen-bond acceptors (Lipinski definition) is 6. The minimum Gasteiger partial charge on any atom is -0.356 e. The maximum absolute atomic E-state index is 13.3. The zero-order valence-corrected chi connectivity index (χ0v) is 20.4. The Kier molecular flexibility index (Phi) is 6.46. The molecule has 1 amide bonds. The monoisotopic (exact) mass is 508 g/mol. The number of rotatable bonds is 9. The average Bonchev–Trinajstić information content (AvgIpc) is 3.40. The van der Waals surface area contributed by atoms with Gasteiger partial charge < -0.3 is 14.7 Å². The van der Waals surface area contributed by atoms with Crippen molar-refractivity contribution in [3.05, 3.63) is 83.3 Å². The molecule has 186 valence electrons. The summed E-state index contributed by atoms with van der Waals surface area (Å²) in [5, 5.41) is 7.59. The Balaban J connectivity index is 1.18. The Morgan fingerprint density at radius 3 is 2.86 bits per heavy atom.